The van der Waals surface area contributed by atoms with Crippen LogP contribution in [0.25, 0.3) is 33.0 Å². The molecule has 4 rings (SSSR count). The van der Waals surface area contributed by atoms with Gasteiger partial charge in [0.25, 0.3) is 0 Å². The molecule has 3 aromatic rings. The molecular formula is C16H9Cl. The van der Waals surface area contributed by atoms with Crippen molar-refractivity contribution >= 4 is 22.4 Å². The minimum absolute atomic E-state index is 0.839. The average molecular weight is 237 g/mol. The Bertz CT molecular complexity index is 751. The van der Waals surface area contributed by atoms with Crippen LogP contribution in [0.3, 0.4) is 0 Å². The Morgan fingerprint density at radius 2 is 1.29 bits per heavy atom. The second-order valence-corrected chi connectivity index (χ2v) is 4.78. The lowest BCUT2D eigenvalue weighted by molar-refractivity contribution is 1.69. The smallest absolute Gasteiger partial charge is 0.0490 e. The van der Waals surface area contributed by atoms with Gasteiger partial charge in [0, 0.05) is 10.6 Å². The molecule has 0 unspecified atom stereocenters. The van der Waals surface area contributed by atoms with Crippen molar-refractivity contribution < 1.29 is 0 Å². The first-order chi connectivity index (χ1) is 8.36. The summed E-state index contributed by atoms with van der Waals surface area (Å²) in [6.45, 7) is 0. The third-order valence-electron chi connectivity index (χ3n) is 3.48. The van der Waals surface area contributed by atoms with Crippen LogP contribution in [0.15, 0.2) is 54.6 Å². The van der Waals surface area contributed by atoms with Crippen LogP contribution in [0.1, 0.15) is 0 Å². The molecule has 1 aliphatic rings. The van der Waals surface area contributed by atoms with E-state index < -0.39 is 0 Å². The van der Waals surface area contributed by atoms with Gasteiger partial charge in [-0.2, -0.15) is 0 Å². The molecule has 0 saturated carbocycles. The van der Waals surface area contributed by atoms with Gasteiger partial charge in [-0.1, -0.05) is 60.1 Å². The molecular weight excluding hydrogens is 228 g/mol. The van der Waals surface area contributed by atoms with E-state index in [0.717, 1.165) is 5.02 Å². The summed E-state index contributed by atoms with van der Waals surface area (Å²) in [6.07, 6.45) is 0. The summed E-state index contributed by atoms with van der Waals surface area (Å²) < 4.78 is 0. The number of halogens is 1. The normalized spacial score (nSPS) is 11.8. The fourth-order valence-electron chi connectivity index (χ4n) is 2.80. The fourth-order valence-corrected chi connectivity index (χ4v) is 3.07. The Morgan fingerprint density at radius 1 is 0.647 bits per heavy atom. The van der Waals surface area contributed by atoms with Crippen LogP contribution in [-0.2, 0) is 0 Å². The molecule has 0 spiro atoms. The average Bonchev–Trinajstić information content (AvgIpc) is 2.69. The van der Waals surface area contributed by atoms with Crippen molar-refractivity contribution in [3.8, 4) is 22.3 Å². The van der Waals surface area contributed by atoms with Crippen molar-refractivity contribution in [2.24, 2.45) is 0 Å². The monoisotopic (exact) mass is 236 g/mol. The van der Waals surface area contributed by atoms with Gasteiger partial charge in [-0.05, 0) is 33.5 Å². The number of rotatable bonds is 0. The highest BCUT2D eigenvalue weighted by molar-refractivity contribution is 6.36. The van der Waals surface area contributed by atoms with E-state index in [2.05, 4.69) is 42.5 Å². The van der Waals surface area contributed by atoms with Crippen molar-refractivity contribution in [3.63, 3.8) is 0 Å². The van der Waals surface area contributed by atoms with Crippen LogP contribution in [0.5, 0.6) is 0 Å². The molecule has 1 heteroatoms. The molecule has 0 amide bonds. The molecule has 0 heterocycles. The first-order valence-electron chi connectivity index (χ1n) is 5.67. The van der Waals surface area contributed by atoms with E-state index >= 15 is 0 Å². The molecule has 1 aliphatic carbocycles. The lowest BCUT2D eigenvalue weighted by Gasteiger charge is -2.03. The van der Waals surface area contributed by atoms with Crippen LogP contribution in [0.4, 0.5) is 0 Å². The summed E-state index contributed by atoms with van der Waals surface area (Å²) in [4.78, 5) is 0. The molecule has 0 radical (unpaired) electrons. The molecule has 80 valence electrons. The fraction of sp³-hybridized carbons (Fsp3) is 0. The molecule has 0 aromatic heterocycles. The topological polar surface area (TPSA) is 0 Å². The Hall–Kier alpha value is -1.79. The SMILES string of the molecule is Clc1cccc2c1-c1cccc3cccc-2c13. The summed E-state index contributed by atoms with van der Waals surface area (Å²) in [7, 11) is 0. The highest BCUT2D eigenvalue weighted by Crippen LogP contribution is 2.49. The molecule has 0 N–H and O–H groups in total. The maximum absolute atomic E-state index is 6.34. The van der Waals surface area contributed by atoms with Gasteiger partial charge in [0.1, 0.15) is 0 Å². The molecule has 0 fully saturated rings. The molecule has 0 atom stereocenters. The minimum Gasteiger partial charge on any atom is -0.0836 e. The van der Waals surface area contributed by atoms with Gasteiger partial charge in [-0.25, -0.2) is 0 Å². The molecule has 3 aromatic carbocycles. The van der Waals surface area contributed by atoms with Gasteiger partial charge in [0.15, 0.2) is 0 Å². The van der Waals surface area contributed by atoms with E-state index in [-0.39, 0.29) is 0 Å². The summed E-state index contributed by atoms with van der Waals surface area (Å²) in [5.41, 5.74) is 5.00. The molecule has 17 heavy (non-hydrogen) atoms. The van der Waals surface area contributed by atoms with Crippen molar-refractivity contribution in [2.45, 2.75) is 0 Å². The first-order valence-corrected chi connectivity index (χ1v) is 6.05. The van der Waals surface area contributed by atoms with Gasteiger partial charge in [-0.15, -0.1) is 0 Å². The van der Waals surface area contributed by atoms with Gasteiger partial charge < -0.3 is 0 Å². The predicted octanol–water partition coefficient (Wildman–Crippen LogP) is 5.14. The largest absolute Gasteiger partial charge is 0.0836 e. The highest BCUT2D eigenvalue weighted by atomic mass is 35.5. The predicted molar refractivity (Wildman–Crippen MR) is 73.4 cm³/mol. The maximum atomic E-state index is 6.34. The summed E-state index contributed by atoms with van der Waals surface area (Å²) in [5.74, 6) is 0. The number of fused-ring (bicyclic) bond motifs is 3. The summed E-state index contributed by atoms with van der Waals surface area (Å²) in [6, 6.07) is 19.0. The molecule has 0 bridgehead atoms. The van der Waals surface area contributed by atoms with E-state index in [1.165, 1.54) is 33.0 Å². The lowest BCUT2D eigenvalue weighted by Crippen LogP contribution is -1.76. The Balaban J connectivity index is 2.31. The van der Waals surface area contributed by atoms with E-state index in [1.807, 2.05) is 12.1 Å². The summed E-state index contributed by atoms with van der Waals surface area (Å²) >= 11 is 6.34. The van der Waals surface area contributed by atoms with Crippen molar-refractivity contribution in [2.75, 3.05) is 0 Å². The second-order valence-electron chi connectivity index (χ2n) is 4.37. The third kappa shape index (κ3) is 1.08. The zero-order valence-corrected chi connectivity index (χ0v) is 9.83. The zero-order valence-electron chi connectivity index (χ0n) is 9.07. The van der Waals surface area contributed by atoms with Gasteiger partial charge >= 0.3 is 0 Å². The third-order valence-corrected chi connectivity index (χ3v) is 3.79. The van der Waals surface area contributed by atoms with Crippen LogP contribution >= 0.6 is 11.6 Å². The lowest BCUT2D eigenvalue weighted by atomic mass is 10.0. The number of hydrogen-bond acceptors (Lipinski definition) is 0. The van der Waals surface area contributed by atoms with Gasteiger partial charge in [-0.3, -0.25) is 0 Å². The minimum atomic E-state index is 0.839. The quantitative estimate of drug-likeness (QED) is 0.397. The molecule has 0 aliphatic heterocycles. The second kappa shape index (κ2) is 3.12. The Labute approximate surface area is 104 Å². The van der Waals surface area contributed by atoms with E-state index in [4.69, 9.17) is 11.6 Å². The Kier molecular flexibility index (Phi) is 1.70. The Morgan fingerprint density at radius 3 is 2.12 bits per heavy atom. The van der Waals surface area contributed by atoms with Crippen LogP contribution in [-0.4, -0.2) is 0 Å². The van der Waals surface area contributed by atoms with Gasteiger partial charge in [0.2, 0.25) is 0 Å². The first kappa shape index (κ1) is 9.26. The van der Waals surface area contributed by atoms with Crippen molar-refractivity contribution in [3.05, 3.63) is 59.6 Å². The van der Waals surface area contributed by atoms with E-state index in [1.54, 1.807) is 0 Å². The number of hydrogen-bond donors (Lipinski definition) is 0. The zero-order chi connectivity index (χ0) is 11.4. The highest BCUT2D eigenvalue weighted by Gasteiger charge is 2.22. The van der Waals surface area contributed by atoms with Crippen molar-refractivity contribution in [1.82, 2.24) is 0 Å². The molecule has 0 nitrogen and oxygen atoms in total. The van der Waals surface area contributed by atoms with E-state index in [9.17, 15) is 0 Å². The van der Waals surface area contributed by atoms with Crippen LogP contribution in [0, 0.1) is 0 Å². The van der Waals surface area contributed by atoms with E-state index in [0.29, 0.717) is 0 Å². The van der Waals surface area contributed by atoms with Crippen LogP contribution < -0.4 is 0 Å². The van der Waals surface area contributed by atoms with Gasteiger partial charge in [0.05, 0.1) is 0 Å². The standard InChI is InChI=1S/C16H9Cl/c17-14-9-3-7-12-11-6-1-4-10-5-2-8-13(15(10)11)16(12)14/h1-9H. The number of benzene rings is 3. The molecule has 0 saturated heterocycles. The van der Waals surface area contributed by atoms with Crippen molar-refractivity contribution in [1.29, 1.82) is 0 Å². The maximum Gasteiger partial charge on any atom is 0.0490 e. The summed E-state index contributed by atoms with van der Waals surface area (Å²) in [5, 5.41) is 3.46. The van der Waals surface area contributed by atoms with Crippen LogP contribution in [0.2, 0.25) is 5.02 Å².